The third-order valence-electron chi connectivity index (χ3n) is 6.59. The SMILES string of the molecule is CC(C)(C#N)[C@H]1CC[C@H](c2cccc(Cl)c2)N1C(=O)[C@@H](CO)N1C(=O)c2ccccc2C1=O. The first-order chi connectivity index (χ1) is 15.7. The Morgan fingerprint density at radius 2 is 1.79 bits per heavy atom. The lowest BCUT2D eigenvalue weighted by molar-refractivity contribution is -0.141. The lowest BCUT2D eigenvalue weighted by Gasteiger charge is -2.39. The molecule has 0 radical (unpaired) electrons. The van der Waals surface area contributed by atoms with Crippen molar-refractivity contribution in [2.24, 2.45) is 5.41 Å². The molecule has 0 unspecified atom stereocenters. The monoisotopic (exact) mass is 465 g/mol. The predicted molar refractivity (Wildman–Crippen MR) is 121 cm³/mol. The van der Waals surface area contributed by atoms with E-state index in [9.17, 15) is 24.8 Å². The van der Waals surface area contributed by atoms with Gasteiger partial charge in [0.05, 0.1) is 41.3 Å². The molecule has 3 atom stereocenters. The van der Waals surface area contributed by atoms with Gasteiger partial charge in [0.25, 0.3) is 11.8 Å². The fourth-order valence-corrected chi connectivity index (χ4v) is 5.07. The molecular weight excluding hydrogens is 442 g/mol. The molecule has 2 aliphatic heterocycles. The first kappa shape index (κ1) is 23.0. The van der Waals surface area contributed by atoms with Crippen molar-refractivity contribution in [2.45, 2.75) is 44.8 Å². The number of hydrogen-bond acceptors (Lipinski definition) is 5. The van der Waals surface area contributed by atoms with Gasteiger partial charge >= 0.3 is 0 Å². The fraction of sp³-hybridized carbons (Fsp3) is 0.360. The highest BCUT2D eigenvalue weighted by Crippen LogP contribution is 2.44. The zero-order chi connectivity index (χ0) is 23.9. The molecule has 2 heterocycles. The maximum Gasteiger partial charge on any atom is 0.262 e. The Kier molecular flexibility index (Phi) is 6.00. The van der Waals surface area contributed by atoms with Crippen molar-refractivity contribution < 1.29 is 19.5 Å². The van der Waals surface area contributed by atoms with Gasteiger partial charge in [-0.05, 0) is 56.5 Å². The maximum absolute atomic E-state index is 13.9. The summed E-state index contributed by atoms with van der Waals surface area (Å²) >= 11 is 6.19. The Morgan fingerprint density at radius 1 is 1.15 bits per heavy atom. The van der Waals surface area contributed by atoms with E-state index in [1.807, 2.05) is 6.07 Å². The van der Waals surface area contributed by atoms with Crippen LogP contribution < -0.4 is 0 Å². The molecule has 4 rings (SSSR count). The maximum atomic E-state index is 13.9. The van der Waals surface area contributed by atoms with Crippen LogP contribution in [0.25, 0.3) is 0 Å². The minimum atomic E-state index is -1.39. The molecule has 8 heteroatoms. The summed E-state index contributed by atoms with van der Waals surface area (Å²) in [6.45, 7) is 2.80. The molecule has 2 aromatic rings. The zero-order valence-corrected chi connectivity index (χ0v) is 19.1. The van der Waals surface area contributed by atoms with Gasteiger partial charge in [-0.1, -0.05) is 35.9 Å². The van der Waals surface area contributed by atoms with Crippen LogP contribution in [0, 0.1) is 16.7 Å². The van der Waals surface area contributed by atoms with Crippen LogP contribution in [0.3, 0.4) is 0 Å². The number of rotatable bonds is 5. The van der Waals surface area contributed by atoms with Crippen molar-refractivity contribution >= 4 is 29.3 Å². The Labute approximate surface area is 197 Å². The van der Waals surface area contributed by atoms with Crippen molar-refractivity contribution in [1.29, 1.82) is 5.26 Å². The van der Waals surface area contributed by atoms with Crippen LogP contribution in [-0.4, -0.2) is 51.3 Å². The van der Waals surface area contributed by atoms with Crippen molar-refractivity contribution in [3.63, 3.8) is 0 Å². The molecule has 1 fully saturated rings. The standard InChI is InChI=1S/C25H24ClN3O4/c1-25(2,14-27)21-11-10-19(15-6-5-7-16(26)12-15)28(21)24(33)20(13-30)29-22(31)17-8-3-4-9-18(17)23(29)32/h3-9,12,19-21,30H,10-11,13H2,1-2H3/t19-,20-,21-/m1/s1. The highest BCUT2D eigenvalue weighted by Gasteiger charge is 2.50. The molecule has 0 aromatic heterocycles. The Balaban J connectivity index is 1.75. The molecule has 0 saturated carbocycles. The predicted octanol–water partition coefficient (Wildman–Crippen LogP) is 3.58. The number of nitrogens with zero attached hydrogens (tertiary/aromatic N) is 3. The zero-order valence-electron chi connectivity index (χ0n) is 18.4. The molecule has 0 aliphatic carbocycles. The smallest absolute Gasteiger partial charge is 0.262 e. The van der Waals surface area contributed by atoms with Gasteiger partial charge in [0.1, 0.15) is 6.04 Å². The number of carbonyl (C=O) groups excluding carboxylic acids is 3. The molecule has 1 N–H and O–H groups in total. The third kappa shape index (κ3) is 3.79. The average molecular weight is 466 g/mol. The normalized spacial score (nSPS) is 21.2. The minimum Gasteiger partial charge on any atom is -0.394 e. The number of fused-ring (bicyclic) bond motifs is 1. The van der Waals surface area contributed by atoms with E-state index < -0.39 is 47.9 Å². The van der Waals surface area contributed by atoms with Crippen molar-refractivity contribution in [1.82, 2.24) is 9.80 Å². The summed E-state index contributed by atoms with van der Waals surface area (Å²) in [6, 6.07) is 13.5. The van der Waals surface area contributed by atoms with E-state index in [1.165, 1.54) is 12.1 Å². The number of amides is 3. The molecular formula is C25H24ClN3O4. The Morgan fingerprint density at radius 3 is 2.33 bits per heavy atom. The van der Waals surface area contributed by atoms with Crippen molar-refractivity contribution in [3.05, 3.63) is 70.2 Å². The van der Waals surface area contributed by atoms with Gasteiger partial charge < -0.3 is 10.0 Å². The molecule has 2 aliphatic rings. The van der Waals surface area contributed by atoms with Crippen LogP contribution in [0.15, 0.2) is 48.5 Å². The average Bonchev–Trinajstić information content (AvgIpc) is 3.36. The highest BCUT2D eigenvalue weighted by molar-refractivity contribution is 6.30. The van der Waals surface area contributed by atoms with E-state index in [-0.39, 0.29) is 11.1 Å². The molecule has 2 aromatic carbocycles. The second-order valence-corrected chi connectivity index (χ2v) is 9.40. The van der Waals surface area contributed by atoms with E-state index in [2.05, 4.69) is 6.07 Å². The lowest BCUT2D eigenvalue weighted by Crippen LogP contribution is -2.56. The van der Waals surface area contributed by atoms with E-state index in [1.54, 1.807) is 49.1 Å². The van der Waals surface area contributed by atoms with Crippen LogP contribution in [-0.2, 0) is 4.79 Å². The summed E-state index contributed by atoms with van der Waals surface area (Å²) in [7, 11) is 0. The number of carbonyl (C=O) groups is 3. The summed E-state index contributed by atoms with van der Waals surface area (Å²) < 4.78 is 0. The van der Waals surface area contributed by atoms with Crippen LogP contribution in [0.2, 0.25) is 5.02 Å². The Hall–Kier alpha value is -3.21. The second-order valence-electron chi connectivity index (χ2n) is 8.97. The number of hydrogen-bond donors (Lipinski definition) is 1. The van der Waals surface area contributed by atoms with Crippen LogP contribution in [0.4, 0.5) is 0 Å². The van der Waals surface area contributed by atoms with Crippen LogP contribution in [0.1, 0.15) is 59.0 Å². The molecule has 7 nitrogen and oxygen atoms in total. The topological polar surface area (TPSA) is 102 Å². The van der Waals surface area contributed by atoms with Crippen molar-refractivity contribution in [3.8, 4) is 6.07 Å². The summed E-state index contributed by atoms with van der Waals surface area (Å²) in [5.41, 5.74) is 0.322. The Bertz CT molecular complexity index is 1140. The van der Waals surface area contributed by atoms with Crippen molar-refractivity contribution in [2.75, 3.05) is 6.61 Å². The van der Waals surface area contributed by atoms with Gasteiger partial charge in [-0.15, -0.1) is 0 Å². The van der Waals surface area contributed by atoms with Gasteiger partial charge in [0.2, 0.25) is 5.91 Å². The number of likely N-dealkylation sites (tertiary alicyclic amines) is 1. The quantitative estimate of drug-likeness (QED) is 0.680. The molecule has 3 amide bonds. The van der Waals surface area contributed by atoms with Gasteiger partial charge in [-0.2, -0.15) is 5.26 Å². The summed E-state index contributed by atoms with van der Waals surface area (Å²) in [5.74, 6) is -1.79. The van der Waals surface area contributed by atoms with Gasteiger partial charge in [-0.3, -0.25) is 19.3 Å². The van der Waals surface area contributed by atoms with Crippen LogP contribution >= 0.6 is 11.6 Å². The third-order valence-corrected chi connectivity index (χ3v) is 6.82. The van der Waals surface area contributed by atoms with Gasteiger partial charge in [0.15, 0.2) is 0 Å². The van der Waals surface area contributed by atoms with E-state index in [4.69, 9.17) is 11.6 Å². The minimum absolute atomic E-state index is 0.204. The van der Waals surface area contributed by atoms with Gasteiger partial charge in [0, 0.05) is 5.02 Å². The number of imide groups is 1. The fourth-order valence-electron chi connectivity index (χ4n) is 4.88. The number of benzene rings is 2. The first-order valence-corrected chi connectivity index (χ1v) is 11.2. The molecule has 1 saturated heterocycles. The van der Waals surface area contributed by atoms with Crippen LogP contribution in [0.5, 0.6) is 0 Å². The van der Waals surface area contributed by atoms with E-state index in [0.717, 1.165) is 10.5 Å². The number of aliphatic hydroxyl groups is 1. The van der Waals surface area contributed by atoms with E-state index >= 15 is 0 Å². The molecule has 170 valence electrons. The number of aliphatic hydroxyl groups excluding tert-OH is 1. The highest BCUT2D eigenvalue weighted by atomic mass is 35.5. The summed E-state index contributed by atoms with van der Waals surface area (Å²) in [4.78, 5) is 42.4. The van der Waals surface area contributed by atoms with Gasteiger partial charge in [-0.25, -0.2) is 0 Å². The summed E-state index contributed by atoms with van der Waals surface area (Å²) in [5, 5.41) is 20.5. The lowest BCUT2D eigenvalue weighted by atomic mass is 9.84. The molecule has 0 spiro atoms. The largest absolute Gasteiger partial charge is 0.394 e. The number of nitriles is 1. The molecule has 33 heavy (non-hydrogen) atoms. The number of halogens is 1. The van der Waals surface area contributed by atoms with E-state index in [0.29, 0.717) is 17.9 Å². The molecule has 0 bridgehead atoms. The summed E-state index contributed by atoms with van der Waals surface area (Å²) in [6.07, 6.45) is 1.14. The first-order valence-electron chi connectivity index (χ1n) is 10.8. The second kappa shape index (κ2) is 8.62.